The minimum absolute atomic E-state index is 0.344. The van der Waals surface area contributed by atoms with E-state index in [1.54, 1.807) is 6.07 Å². The van der Waals surface area contributed by atoms with Crippen LogP contribution >= 0.6 is 0 Å². The Morgan fingerprint density at radius 3 is 2.69 bits per heavy atom. The van der Waals surface area contributed by atoms with Gasteiger partial charge in [0.05, 0.1) is 11.0 Å². The Labute approximate surface area is 93.7 Å². The molecule has 82 valence electrons. The van der Waals surface area contributed by atoms with E-state index in [0.29, 0.717) is 17.7 Å². The lowest BCUT2D eigenvalue weighted by molar-refractivity contribution is 0.476. The molecule has 2 aromatic rings. The number of hydrogen-bond acceptors (Lipinski definition) is 2. The fourth-order valence-corrected chi connectivity index (χ4v) is 2.45. The first-order valence-electron chi connectivity index (χ1n) is 6.04. The van der Waals surface area contributed by atoms with E-state index in [1.165, 1.54) is 31.5 Å². The zero-order chi connectivity index (χ0) is 10.7. The third-order valence-electron chi connectivity index (χ3n) is 3.55. The summed E-state index contributed by atoms with van der Waals surface area (Å²) in [6.45, 7) is 0. The Hall–Kier alpha value is -1.51. The number of phenolic OH excluding ortho intramolecular Hbond substituents is 1. The number of phenols is 1. The van der Waals surface area contributed by atoms with Gasteiger partial charge in [-0.15, -0.1) is 0 Å². The number of aromatic hydroxyl groups is 1. The van der Waals surface area contributed by atoms with Crippen LogP contribution in [-0.2, 0) is 0 Å². The second-order valence-corrected chi connectivity index (χ2v) is 5.02. The molecule has 1 N–H and O–H groups in total. The third kappa shape index (κ3) is 1.17. The monoisotopic (exact) mass is 214 g/mol. The summed E-state index contributed by atoms with van der Waals surface area (Å²) in [6, 6.07) is 6.15. The first-order valence-corrected chi connectivity index (χ1v) is 6.04. The van der Waals surface area contributed by atoms with Crippen molar-refractivity contribution in [2.75, 3.05) is 0 Å². The second-order valence-electron chi connectivity index (χ2n) is 5.02. The van der Waals surface area contributed by atoms with Crippen molar-refractivity contribution >= 4 is 11.0 Å². The van der Waals surface area contributed by atoms with Gasteiger partial charge in [0.1, 0.15) is 11.6 Å². The summed E-state index contributed by atoms with van der Waals surface area (Å²) in [4.78, 5) is 4.73. The van der Waals surface area contributed by atoms with Crippen LogP contribution in [-0.4, -0.2) is 14.7 Å². The fourth-order valence-electron chi connectivity index (χ4n) is 2.45. The minimum atomic E-state index is 0.344. The van der Waals surface area contributed by atoms with Crippen molar-refractivity contribution in [3.63, 3.8) is 0 Å². The van der Waals surface area contributed by atoms with Crippen LogP contribution in [0.2, 0.25) is 0 Å². The predicted molar refractivity (Wildman–Crippen MR) is 61.6 cm³/mol. The zero-order valence-corrected chi connectivity index (χ0v) is 9.06. The van der Waals surface area contributed by atoms with Gasteiger partial charge < -0.3 is 9.67 Å². The maximum atomic E-state index is 9.58. The van der Waals surface area contributed by atoms with Crippen LogP contribution in [0.4, 0.5) is 0 Å². The van der Waals surface area contributed by atoms with Gasteiger partial charge in [0, 0.05) is 18.0 Å². The van der Waals surface area contributed by atoms with Crippen LogP contribution in [0.5, 0.6) is 5.75 Å². The normalized spacial score (nSPS) is 20.5. The Kier molecular flexibility index (Phi) is 1.50. The van der Waals surface area contributed by atoms with Crippen molar-refractivity contribution in [2.24, 2.45) is 0 Å². The summed E-state index contributed by atoms with van der Waals surface area (Å²) >= 11 is 0. The maximum Gasteiger partial charge on any atom is 0.117 e. The minimum Gasteiger partial charge on any atom is -0.508 e. The van der Waals surface area contributed by atoms with Crippen molar-refractivity contribution < 1.29 is 5.11 Å². The third-order valence-corrected chi connectivity index (χ3v) is 3.55. The Morgan fingerprint density at radius 2 is 2.00 bits per heavy atom. The number of imidazole rings is 1. The zero-order valence-electron chi connectivity index (χ0n) is 9.06. The van der Waals surface area contributed by atoms with Crippen molar-refractivity contribution in [2.45, 2.75) is 37.6 Å². The molecular formula is C13H14N2O. The number of aromatic nitrogens is 2. The molecule has 0 saturated heterocycles. The first-order chi connectivity index (χ1) is 7.83. The Balaban J connectivity index is 2.01. The highest BCUT2D eigenvalue weighted by Crippen LogP contribution is 2.46. The molecule has 0 radical (unpaired) electrons. The van der Waals surface area contributed by atoms with E-state index >= 15 is 0 Å². The highest BCUT2D eigenvalue weighted by atomic mass is 16.3. The van der Waals surface area contributed by atoms with Crippen molar-refractivity contribution in [1.82, 2.24) is 9.55 Å². The van der Waals surface area contributed by atoms with Crippen molar-refractivity contribution in [3.05, 3.63) is 24.0 Å². The topological polar surface area (TPSA) is 38.1 Å². The number of benzene rings is 1. The lowest BCUT2D eigenvalue weighted by Gasteiger charge is -2.06. The smallest absolute Gasteiger partial charge is 0.117 e. The first kappa shape index (κ1) is 8.62. The number of nitrogens with zero attached hydrogens (tertiary/aromatic N) is 2. The SMILES string of the molecule is Oc1ccc2nc(C3CC3)n(C3CC3)c2c1. The average molecular weight is 214 g/mol. The molecule has 2 saturated carbocycles. The van der Waals surface area contributed by atoms with Crippen LogP contribution in [0.25, 0.3) is 11.0 Å². The summed E-state index contributed by atoms with van der Waals surface area (Å²) in [5, 5.41) is 9.58. The fraction of sp³-hybridized carbons (Fsp3) is 0.462. The van der Waals surface area contributed by atoms with Gasteiger partial charge >= 0.3 is 0 Å². The van der Waals surface area contributed by atoms with E-state index in [-0.39, 0.29) is 0 Å². The molecule has 2 fully saturated rings. The molecule has 0 spiro atoms. The van der Waals surface area contributed by atoms with Gasteiger partial charge in [-0.05, 0) is 37.8 Å². The number of fused-ring (bicyclic) bond motifs is 1. The van der Waals surface area contributed by atoms with Gasteiger partial charge in [-0.25, -0.2) is 4.98 Å². The maximum absolute atomic E-state index is 9.58. The van der Waals surface area contributed by atoms with Crippen molar-refractivity contribution in [1.29, 1.82) is 0 Å². The second kappa shape index (κ2) is 2.78. The van der Waals surface area contributed by atoms with Gasteiger partial charge in [0.25, 0.3) is 0 Å². The molecular weight excluding hydrogens is 200 g/mol. The molecule has 4 rings (SSSR count). The molecule has 2 aliphatic carbocycles. The largest absolute Gasteiger partial charge is 0.508 e. The Morgan fingerprint density at radius 1 is 1.19 bits per heavy atom. The molecule has 1 aromatic heterocycles. The molecule has 3 nitrogen and oxygen atoms in total. The van der Waals surface area contributed by atoms with E-state index in [4.69, 9.17) is 4.98 Å². The van der Waals surface area contributed by atoms with E-state index in [2.05, 4.69) is 4.57 Å². The summed E-state index contributed by atoms with van der Waals surface area (Å²) in [6.07, 6.45) is 5.09. The van der Waals surface area contributed by atoms with Gasteiger partial charge in [-0.2, -0.15) is 0 Å². The molecule has 1 aromatic carbocycles. The molecule has 2 aliphatic rings. The molecule has 3 heteroatoms. The van der Waals surface area contributed by atoms with Gasteiger partial charge in [0.2, 0.25) is 0 Å². The summed E-state index contributed by atoms with van der Waals surface area (Å²) in [7, 11) is 0. The van der Waals surface area contributed by atoms with E-state index in [9.17, 15) is 5.11 Å². The lowest BCUT2D eigenvalue weighted by Crippen LogP contribution is -1.99. The van der Waals surface area contributed by atoms with Gasteiger partial charge in [0.15, 0.2) is 0 Å². The molecule has 1 heterocycles. The highest BCUT2D eigenvalue weighted by Gasteiger charge is 2.35. The summed E-state index contributed by atoms with van der Waals surface area (Å²) in [5.41, 5.74) is 2.15. The number of hydrogen-bond donors (Lipinski definition) is 1. The van der Waals surface area contributed by atoms with E-state index in [1.807, 2.05) is 12.1 Å². The number of rotatable bonds is 2. The molecule has 0 unspecified atom stereocenters. The van der Waals surface area contributed by atoms with Crippen LogP contribution in [0.1, 0.15) is 43.5 Å². The molecule has 0 bridgehead atoms. The van der Waals surface area contributed by atoms with Gasteiger partial charge in [-0.3, -0.25) is 0 Å². The standard InChI is InChI=1S/C13H14N2O/c16-10-5-6-11-12(7-10)15(9-3-4-9)13(14-11)8-1-2-8/h5-9,16H,1-4H2. The van der Waals surface area contributed by atoms with E-state index in [0.717, 1.165) is 11.0 Å². The summed E-state index contributed by atoms with van der Waals surface area (Å²) < 4.78 is 2.37. The predicted octanol–water partition coefficient (Wildman–Crippen LogP) is 2.95. The van der Waals surface area contributed by atoms with Gasteiger partial charge in [-0.1, -0.05) is 0 Å². The van der Waals surface area contributed by atoms with Crippen molar-refractivity contribution in [3.8, 4) is 5.75 Å². The van der Waals surface area contributed by atoms with Crippen LogP contribution < -0.4 is 0 Å². The average Bonchev–Trinajstić information content (AvgIpc) is 3.14. The van der Waals surface area contributed by atoms with E-state index < -0.39 is 0 Å². The Bertz CT molecular complexity index is 565. The molecule has 0 atom stereocenters. The quantitative estimate of drug-likeness (QED) is 0.834. The van der Waals surface area contributed by atoms with Crippen LogP contribution in [0, 0.1) is 0 Å². The highest BCUT2D eigenvalue weighted by molar-refractivity contribution is 5.78. The van der Waals surface area contributed by atoms with Crippen LogP contribution in [0.15, 0.2) is 18.2 Å². The lowest BCUT2D eigenvalue weighted by atomic mass is 10.3. The molecule has 0 aliphatic heterocycles. The summed E-state index contributed by atoms with van der Waals surface area (Å²) in [5.74, 6) is 2.27. The van der Waals surface area contributed by atoms with Crippen LogP contribution in [0.3, 0.4) is 0 Å². The molecule has 0 amide bonds. The molecule has 16 heavy (non-hydrogen) atoms.